The maximum Gasteiger partial charge on any atom is 0.228 e. The average molecular weight is 786 g/mol. The first-order chi connectivity index (χ1) is 29.2. The normalized spacial score (nSPS) is 11.1. The van der Waals surface area contributed by atoms with Gasteiger partial charge in [0.05, 0.1) is 37.2 Å². The maximum atomic E-state index is 16.6. The Morgan fingerprint density at radius 2 is 0.492 bits per heavy atom. The Bertz CT molecular complexity index is 2390. The van der Waals surface area contributed by atoms with E-state index in [0.717, 1.165) is 34.1 Å². The van der Waals surface area contributed by atoms with Gasteiger partial charge in [-0.25, -0.2) is 15.0 Å². The summed E-state index contributed by atoms with van der Waals surface area (Å²) in [5, 5.41) is 0. The summed E-state index contributed by atoms with van der Waals surface area (Å²) in [7, 11) is -4.13. The van der Waals surface area contributed by atoms with Crippen molar-refractivity contribution in [1.29, 1.82) is 0 Å². The first kappa shape index (κ1) is 36.8. The highest BCUT2D eigenvalue weighted by Gasteiger charge is 2.38. The van der Waals surface area contributed by atoms with Crippen molar-refractivity contribution in [3.63, 3.8) is 0 Å². The lowest BCUT2D eigenvalue weighted by Crippen LogP contribution is -2.33. The number of rotatable bonds is 12. The van der Waals surface area contributed by atoms with Crippen molar-refractivity contribution < 1.29 is 4.57 Å². The first-order valence-electron chi connectivity index (χ1n) is 19.0. The molecule has 284 valence electrons. The van der Waals surface area contributed by atoms with Crippen LogP contribution in [0.2, 0.25) is 0 Å². The quantitative estimate of drug-likeness (QED) is 0.111. The fourth-order valence-electron chi connectivity index (χ4n) is 6.87. The molecule has 59 heavy (non-hydrogen) atoms. The van der Waals surface area contributed by atoms with Gasteiger partial charge >= 0.3 is 0 Å². The second kappa shape index (κ2) is 16.7. The van der Waals surface area contributed by atoms with Crippen molar-refractivity contribution in [1.82, 2.24) is 29.9 Å². The molecule has 0 atom stereocenters. The van der Waals surface area contributed by atoms with Gasteiger partial charge in [-0.1, -0.05) is 109 Å². The Hall–Kier alpha value is -7.81. The molecule has 0 saturated heterocycles. The van der Waals surface area contributed by atoms with Crippen LogP contribution in [0.4, 0.5) is 51.6 Å². The van der Waals surface area contributed by atoms with Crippen LogP contribution >= 0.6 is 7.14 Å². The van der Waals surface area contributed by atoms with E-state index in [1.54, 1.807) is 18.6 Å². The Kier molecular flexibility index (Phi) is 10.4. The molecule has 3 aromatic heterocycles. The highest BCUT2D eigenvalue weighted by atomic mass is 31.2. The summed E-state index contributed by atoms with van der Waals surface area (Å²) >= 11 is 0. The van der Waals surface area contributed by atoms with E-state index in [1.807, 2.05) is 197 Å². The summed E-state index contributed by atoms with van der Waals surface area (Å²) in [5.41, 5.74) is 5.62. The van der Waals surface area contributed by atoms with E-state index in [0.29, 0.717) is 17.5 Å². The van der Waals surface area contributed by atoms with Gasteiger partial charge in [-0.2, -0.15) is 0 Å². The van der Waals surface area contributed by atoms with Crippen LogP contribution in [0.5, 0.6) is 0 Å². The van der Waals surface area contributed by atoms with E-state index in [4.69, 9.17) is 15.0 Å². The Morgan fingerprint density at radius 3 is 0.695 bits per heavy atom. The van der Waals surface area contributed by atoms with E-state index < -0.39 is 7.14 Å². The molecule has 0 unspecified atom stereocenters. The predicted molar refractivity (Wildman–Crippen MR) is 237 cm³/mol. The number of aromatic nitrogens is 6. The van der Waals surface area contributed by atoms with Gasteiger partial charge in [-0.3, -0.25) is 29.7 Å². The fourth-order valence-corrected chi connectivity index (χ4v) is 8.99. The summed E-state index contributed by atoms with van der Waals surface area (Å²) in [4.78, 5) is 35.5. The summed E-state index contributed by atoms with van der Waals surface area (Å²) in [6.07, 6.45) is 9.57. The molecule has 6 aromatic carbocycles. The molecule has 0 fully saturated rings. The molecule has 0 amide bonds. The van der Waals surface area contributed by atoms with Gasteiger partial charge in [-0.15, -0.1) is 0 Å². The zero-order valence-electron chi connectivity index (χ0n) is 31.7. The van der Waals surface area contributed by atoms with Crippen LogP contribution in [0, 0.1) is 0 Å². The van der Waals surface area contributed by atoms with E-state index in [-0.39, 0.29) is 16.3 Å². The van der Waals surface area contributed by atoms with Crippen molar-refractivity contribution in [3.05, 3.63) is 219 Å². The molecule has 0 spiro atoms. The number of anilines is 9. The number of benzene rings is 6. The van der Waals surface area contributed by atoms with Crippen LogP contribution in [0.1, 0.15) is 0 Å². The molecule has 11 heteroatoms. The van der Waals surface area contributed by atoms with Crippen molar-refractivity contribution in [3.8, 4) is 0 Å². The van der Waals surface area contributed by atoms with Gasteiger partial charge in [0.15, 0.2) is 17.5 Å². The SMILES string of the molecule is O=P(c1cncc(N(c2ccccc2)c2ccccc2)n1)(c1cncc(N(c2ccccc2)c2ccccc2)n1)c1cncc(N(c2ccccc2)c2ccccc2)n1. The summed E-state index contributed by atoms with van der Waals surface area (Å²) < 4.78 is 16.6. The fraction of sp³-hybridized carbons (Fsp3) is 0. The summed E-state index contributed by atoms with van der Waals surface area (Å²) in [5.74, 6) is 1.37. The smallest absolute Gasteiger partial charge is 0.228 e. The first-order valence-corrected chi connectivity index (χ1v) is 20.7. The molecule has 0 radical (unpaired) electrons. The van der Waals surface area contributed by atoms with Crippen LogP contribution in [0.3, 0.4) is 0 Å². The molecular formula is C48H36N9OP. The number of para-hydroxylation sites is 6. The molecule has 0 saturated carbocycles. The topological polar surface area (TPSA) is 104 Å². The number of nitrogens with zero attached hydrogens (tertiary/aromatic N) is 9. The zero-order chi connectivity index (χ0) is 39.9. The second-order valence-electron chi connectivity index (χ2n) is 13.3. The van der Waals surface area contributed by atoms with Crippen molar-refractivity contribution in [2.24, 2.45) is 0 Å². The predicted octanol–water partition coefficient (Wildman–Crippen LogP) is 10.1. The molecule has 0 aliphatic heterocycles. The minimum absolute atomic E-state index is 0.168. The minimum Gasteiger partial charge on any atom is -0.304 e. The lowest BCUT2D eigenvalue weighted by molar-refractivity contribution is 0.590. The van der Waals surface area contributed by atoms with Gasteiger partial charge in [0.25, 0.3) is 0 Å². The third kappa shape index (κ3) is 7.56. The van der Waals surface area contributed by atoms with Gasteiger partial charge in [-0.05, 0) is 72.8 Å². The van der Waals surface area contributed by atoms with Gasteiger partial charge in [0, 0.05) is 34.1 Å². The molecule has 10 nitrogen and oxygen atoms in total. The summed E-state index contributed by atoms with van der Waals surface area (Å²) in [6, 6.07) is 59.3. The molecule has 0 N–H and O–H groups in total. The van der Waals surface area contributed by atoms with E-state index in [9.17, 15) is 0 Å². The van der Waals surface area contributed by atoms with Crippen LogP contribution in [-0.4, -0.2) is 29.9 Å². The molecule has 9 aromatic rings. The average Bonchev–Trinajstić information content (AvgIpc) is 3.31. The van der Waals surface area contributed by atoms with Crippen molar-refractivity contribution >= 4 is 75.0 Å². The van der Waals surface area contributed by atoms with E-state index in [2.05, 4.69) is 15.0 Å². The van der Waals surface area contributed by atoms with Crippen LogP contribution < -0.4 is 31.0 Å². The molecule has 0 aliphatic carbocycles. The van der Waals surface area contributed by atoms with Crippen LogP contribution in [-0.2, 0) is 4.57 Å². The van der Waals surface area contributed by atoms with Gasteiger partial charge in [0.2, 0.25) is 7.14 Å². The third-order valence-electron chi connectivity index (χ3n) is 9.57. The largest absolute Gasteiger partial charge is 0.304 e. The Labute approximate surface area is 342 Å². The molecule has 0 aliphatic rings. The zero-order valence-corrected chi connectivity index (χ0v) is 32.6. The third-order valence-corrected chi connectivity index (χ3v) is 12.2. The highest BCUT2D eigenvalue weighted by molar-refractivity contribution is 7.84. The van der Waals surface area contributed by atoms with Crippen LogP contribution in [0.25, 0.3) is 0 Å². The minimum atomic E-state index is -4.13. The van der Waals surface area contributed by atoms with E-state index in [1.165, 1.54) is 18.6 Å². The standard InChI is InChI=1S/C48H36N9OP/c58-59(46-34-49-31-43(52-46)55(37-19-7-1-8-20-37)38-21-9-2-10-22-38,47-35-50-32-44(53-47)56(39-23-11-3-12-24-39)40-25-13-4-14-26-40)48-36-51-33-45(54-48)57(41-27-15-5-16-28-41)42-29-17-6-18-30-42/h1-36H. The monoisotopic (exact) mass is 785 g/mol. The number of hydrogen-bond acceptors (Lipinski definition) is 10. The number of hydrogen-bond donors (Lipinski definition) is 0. The Morgan fingerprint density at radius 1 is 0.288 bits per heavy atom. The van der Waals surface area contributed by atoms with E-state index >= 15 is 4.57 Å². The lowest BCUT2D eigenvalue weighted by Gasteiger charge is -2.27. The molecule has 9 rings (SSSR count). The molecular weight excluding hydrogens is 750 g/mol. The highest BCUT2D eigenvalue weighted by Crippen LogP contribution is 2.43. The van der Waals surface area contributed by atoms with Crippen molar-refractivity contribution in [2.75, 3.05) is 14.7 Å². The second-order valence-corrected chi connectivity index (χ2v) is 15.9. The van der Waals surface area contributed by atoms with Gasteiger partial charge in [0.1, 0.15) is 16.3 Å². The molecule has 3 heterocycles. The van der Waals surface area contributed by atoms with Gasteiger partial charge < -0.3 is 4.57 Å². The van der Waals surface area contributed by atoms with Crippen LogP contribution in [0.15, 0.2) is 219 Å². The summed E-state index contributed by atoms with van der Waals surface area (Å²) in [6.45, 7) is 0. The van der Waals surface area contributed by atoms with Crippen molar-refractivity contribution in [2.45, 2.75) is 0 Å². The maximum absolute atomic E-state index is 16.6. The molecule has 0 bridgehead atoms. The Balaban J connectivity index is 1.26. The lowest BCUT2D eigenvalue weighted by atomic mass is 10.2.